The van der Waals surface area contributed by atoms with E-state index in [1.54, 1.807) is 19.2 Å². The maximum atomic E-state index is 13.4. The van der Waals surface area contributed by atoms with Crippen molar-refractivity contribution >= 4 is 46.2 Å². The number of benzene rings is 3. The van der Waals surface area contributed by atoms with Crippen LogP contribution in [0.4, 0.5) is 15.9 Å². The molecule has 1 saturated heterocycles. The maximum Gasteiger partial charge on any atom is 0.163 e. The van der Waals surface area contributed by atoms with Crippen LogP contribution in [0.2, 0.25) is 5.02 Å². The highest BCUT2D eigenvalue weighted by Gasteiger charge is 2.13. The van der Waals surface area contributed by atoms with Gasteiger partial charge in [-0.2, -0.15) is 0 Å². The fourth-order valence-electron chi connectivity index (χ4n) is 4.35. The average molecular weight is 549 g/mol. The van der Waals surface area contributed by atoms with Crippen molar-refractivity contribution in [2.24, 2.45) is 0 Å². The van der Waals surface area contributed by atoms with Gasteiger partial charge in [-0.3, -0.25) is 4.90 Å². The Morgan fingerprint density at radius 2 is 1.77 bits per heavy atom. The van der Waals surface area contributed by atoms with Gasteiger partial charge in [0.1, 0.15) is 18.0 Å². The van der Waals surface area contributed by atoms with E-state index in [4.69, 9.17) is 25.8 Å². The molecular weight excluding hydrogens is 519 g/mol. The van der Waals surface area contributed by atoms with Crippen LogP contribution >= 0.6 is 11.6 Å². The number of ether oxygens (including phenoxy) is 3. The molecule has 1 aliphatic heterocycles. The minimum atomic E-state index is -0.428. The van der Waals surface area contributed by atoms with E-state index in [1.165, 1.54) is 12.4 Å². The number of methoxy groups -OCH3 is 1. The second kappa shape index (κ2) is 12.9. The van der Waals surface area contributed by atoms with Crippen molar-refractivity contribution in [2.45, 2.75) is 6.42 Å². The van der Waals surface area contributed by atoms with Gasteiger partial charge in [0, 0.05) is 36.8 Å². The standard InChI is InChI=1S/C30H30ClFN4O3/c1-37-28-18-24-27(19-29(28)39-14-2-11-36-12-15-38-16-13-36)33-20-34-30(24)35-23-8-5-21(6-9-23)3-4-22-7-10-26(32)25(31)17-22/h3-10,17-20H,2,11-16H2,1H3,(H,33,34,35)/b4-3+. The summed E-state index contributed by atoms with van der Waals surface area (Å²) >= 11 is 5.87. The predicted octanol–water partition coefficient (Wildman–Crippen LogP) is 6.45. The smallest absolute Gasteiger partial charge is 0.163 e. The summed E-state index contributed by atoms with van der Waals surface area (Å²) in [7, 11) is 1.63. The van der Waals surface area contributed by atoms with E-state index >= 15 is 0 Å². The minimum absolute atomic E-state index is 0.105. The van der Waals surface area contributed by atoms with Crippen LogP contribution in [0, 0.1) is 5.82 Å². The lowest BCUT2D eigenvalue weighted by atomic mass is 10.1. The van der Waals surface area contributed by atoms with Crippen molar-refractivity contribution in [3.63, 3.8) is 0 Å². The summed E-state index contributed by atoms with van der Waals surface area (Å²) in [6.07, 6.45) is 6.28. The quantitative estimate of drug-likeness (QED) is 0.180. The van der Waals surface area contributed by atoms with Gasteiger partial charge in [0.2, 0.25) is 0 Å². The Morgan fingerprint density at radius 3 is 2.54 bits per heavy atom. The van der Waals surface area contributed by atoms with Gasteiger partial charge in [-0.1, -0.05) is 42.0 Å². The molecule has 1 fully saturated rings. The summed E-state index contributed by atoms with van der Waals surface area (Å²) in [6, 6.07) is 16.3. The largest absolute Gasteiger partial charge is 0.493 e. The van der Waals surface area contributed by atoms with Crippen LogP contribution in [0.15, 0.2) is 60.9 Å². The number of hydrogen-bond donors (Lipinski definition) is 1. The third kappa shape index (κ3) is 7.03. The maximum absolute atomic E-state index is 13.4. The van der Waals surface area contributed by atoms with Crippen molar-refractivity contribution in [1.82, 2.24) is 14.9 Å². The molecule has 5 rings (SSSR count). The highest BCUT2D eigenvalue weighted by Crippen LogP contribution is 2.35. The summed E-state index contributed by atoms with van der Waals surface area (Å²) in [5, 5.41) is 4.31. The van der Waals surface area contributed by atoms with Crippen LogP contribution in [0.25, 0.3) is 23.1 Å². The predicted molar refractivity (Wildman–Crippen MR) is 154 cm³/mol. The minimum Gasteiger partial charge on any atom is -0.493 e. The summed E-state index contributed by atoms with van der Waals surface area (Å²) < 4.78 is 30.5. The van der Waals surface area contributed by atoms with Gasteiger partial charge in [0.05, 0.1) is 37.5 Å². The molecule has 7 nitrogen and oxygen atoms in total. The van der Waals surface area contributed by atoms with E-state index < -0.39 is 5.82 Å². The molecule has 0 atom stereocenters. The average Bonchev–Trinajstić information content (AvgIpc) is 2.97. The van der Waals surface area contributed by atoms with Crippen molar-refractivity contribution in [3.05, 3.63) is 82.9 Å². The number of nitrogens with one attached hydrogen (secondary N) is 1. The normalized spacial score (nSPS) is 14.1. The van der Waals surface area contributed by atoms with Gasteiger partial charge in [-0.15, -0.1) is 0 Å². The van der Waals surface area contributed by atoms with Gasteiger partial charge in [-0.25, -0.2) is 14.4 Å². The molecule has 4 aromatic rings. The SMILES string of the molecule is COc1cc2c(Nc3ccc(/C=C/c4ccc(F)c(Cl)c4)cc3)ncnc2cc1OCCCN1CCOCC1. The van der Waals surface area contributed by atoms with Crippen molar-refractivity contribution in [3.8, 4) is 11.5 Å². The monoisotopic (exact) mass is 548 g/mol. The fraction of sp³-hybridized carbons (Fsp3) is 0.267. The zero-order valence-corrected chi connectivity index (χ0v) is 22.5. The Kier molecular flexibility index (Phi) is 8.88. The molecule has 2 heterocycles. The van der Waals surface area contributed by atoms with E-state index in [-0.39, 0.29) is 5.02 Å². The van der Waals surface area contributed by atoms with Gasteiger partial charge in [-0.05, 0) is 47.9 Å². The summed E-state index contributed by atoms with van der Waals surface area (Å²) in [4.78, 5) is 11.3. The molecule has 0 bridgehead atoms. The first-order valence-electron chi connectivity index (χ1n) is 12.8. The van der Waals surface area contributed by atoms with E-state index in [1.807, 2.05) is 48.6 Å². The van der Waals surface area contributed by atoms with Crippen LogP contribution in [0.3, 0.4) is 0 Å². The third-order valence-electron chi connectivity index (χ3n) is 6.49. The second-order valence-corrected chi connectivity index (χ2v) is 9.56. The Morgan fingerprint density at radius 1 is 1.00 bits per heavy atom. The van der Waals surface area contributed by atoms with E-state index in [0.717, 1.165) is 67.0 Å². The molecule has 0 saturated carbocycles. The number of hydrogen-bond acceptors (Lipinski definition) is 7. The fourth-order valence-corrected chi connectivity index (χ4v) is 4.54. The first-order chi connectivity index (χ1) is 19.1. The van der Waals surface area contributed by atoms with Crippen molar-refractivity contribution in [1.29, 1.82) is 0 Å². The molecule has 1 aromatic heterocycles. The zero-order valence-electron chi connectivity index (χ0n) is 21.7. The number of anilines is 2. The van der Waals surface area contributed by atoms with Gasteiger partial charge >= 0.3 is 0 Å². The highest BCUT2D eigenvalue weighted by atomic mass is 35.5. The van der Waals surface area contributed by atoms with Crippen molar-refractivity contribution < 1.29 is 18.6 Å². The summed E-state index contributed by atoms with van der Waals surface area (Å²) in [6.45, 7) is 5.09. The zero-order chi connectivity index (χ0) is 27.0. The molecular formula is C30H30ClFN4O3. The van der Waals surface area contributed by atoms with E-state index in [9.17, 15) is 4.39 Å². The molecule has 9 heteroatoms. The van der Waals surface area contributed by atoms with Gasteiger partial charge in [0.15, 0.2) is 11.5 Å². The molecule has 1 N–H and O–H groups in total. The molecule has 0 unspecified atom stereocenters. The molecule has 202 valence electrons. The van der Waals surface area contributed by atoms with Crippen LogP contribution in [0.5, 0.6) is 11.5 Å². The van der Waals surface area contributed by atoms with Gasteiger partial charge in [0.25, 0.3) is 0 Å². The molecule has 1 aliphatic rings. The number of nitrogens with zero attached hydrogens (tertiary/aromatic N) is 3. The Bertz CT molecular complexity index is 1440. The Hall–Kier alpha value is -3.72. The Labute approximate surface area is 232 Å². The topological polar surface area (TPSA) is 68.7 Å². The summed E-state index contributed by atoms with van der Waals surface area (Å²) in [5.41, 5.74) is 3.45. The first kappa shape index (κ1) is 26.9. The third-order valence-corrected chi connectivity index (χ3v) is 6.78. The second-order valence-electron chi connectivity index (χ2n) is 9.15. The van der Waals surface area contributed by atoms with Gasteiger partial charge < -0.3 is 19.5 Å². The lowest BCUT2D eigenvalue weighted by Crippen LogP contribution is -2.37. The molecule has 0 spiro atoms. The molecule has 3 aromatic carbocycles. The van der Waals surface area contributed by atoms with E-state index in [0.29, 0.717) is 23.9 Å². The van der Waals surface area contributed by atoms with Crippen LogP contribution < -0.4 is 14.8 Å². The lowest BCUT2D eigenvalue weighted by Gasteiger charge is -2.26. The number of halogens is 2. The number of aromatic nitrogens is 2. The molecule has 0 radical (unpaired) electrons. The molecule has 39 heavy (non-hydrogen) atoms. The first-order valence-corrected chi connectivity index (χ1v) is 13.2. The molecule has 0 aliphatic carbocycles. The Balaban J connectivity index is 1.25. The summed E-state index contributed by atoms with van der Waals surface area (Å²) in [5.74, 6) is 1.53. The lowest BCUT2D eigenvalue weighted by molar-refractivity contribution is 0.0357. The van der Waals surface area contributed by atoms with Crippen LogP contribution in [-0.2, 0) is 4.74 Å². The van der Waals surface area contributed by atoms with Crippen molar-refractivity contribution in [2.75, 3.05) is 51.9 Å². The van der Waals surface area contributed by atoms with Crippen LogP contribution in [0.1, 0.15) is 17.5 Å². The van der Waals surface area contributed by atoms with Crippen LogP contribution in [-0.4, -0.2) is 61.4 Å². The van der Waals surface area contributed by atoms with E-state index in [2.05, 4.69) is 20.2 Å². The number of morpholine rings is 1. The molecule has 0 amide bonds. The number of rotatable bonds is 10. The highest BCUT2D eigenvalue weighted by molar-refractivity contribution is 6.30. The number of fused-ring (bicyclic) bond motifs is 1.